The molecule has 4 heteroatoms. The molecule has 1 unspecified atom stereocenters. The fourth-order valence-electron chi connectivity index (χ4n) is 1.79. The second-order valence-electron chi connectivity index (χ2n) is 3.94. The van der Waals surface area contributed by atoms with Crippen molar-refractivity contribution in [2.45, 2.75) is 19.8 Å². The van der Waals surface area contributed by atoms with Crippen LogP contribution in [0.3, 0.4) is 0 Å². The Kier molecular flexibility index (Phi) is 3.50. The summed E-state index contributed by atoms with van der Waals surface area (Å²) in [6.07, 6.45) is 5.77. The molecule has 1 fully saturated rings. The van der Waals surface area contributed by atoms with Gasteiger partial charge in [-0.3, -0.25) is 4.98 Å². The Bertz CT molecular complexity index is 310. The molecule has 0 amide bonds. The van der Waals surface area contributed by atoms with Gasteiger partial charge in [0.05, 0.1) is 5.69 Å². The van der Waals surface area contributed by atoms with Gasteiger partial charge in [-0.2, -0.15) is 0 Å². The maximum atomic E-state index is 5.33. The molecule has 4 nitrogen and oxygen atoms in total. The summed E-state index contributed by atoms with van der Waals surface area (Å²) in [6, 6.07) is 0. The number of rotatable bonds is 4. The summed E-state index contributed by atoms with van der Waals surface area (Å²) in [4.78, 5) is 8.42. The van der Waals surface area contributed by atoms with Crippen molar-refractivity contribution in [2.24, 2.45) is 5.92 Å². The predicted molar refractivity (Wildman–Crippen MR) is 58.8 cm³/mol. The Hall–Kier alpha value is -1.16. The van der Waals surface area contributed by atoms with Crippen LogP contribution in [0.5, 0.6) is 0 Å². The molecule has 0 bridgehead atoms. The molecule has 0 saturated carbocycles. The lowest BCUT2D eigenvalue weighted by atomic mass is 10.1. The highest BCUT2D eigenvalue weighted by Gasteiger charge is 2.14. The standard InChI is InChI=1S/C11H17N3O/c1-9-11(14-6-5-12-9)13-4-2-10-3-7-15-8-10/h5-6,10H,2-4,7-8H2,1H3,(H,13,14). The van der Waals surface area contributed by atoms with E-state index in [0.29, 0.717) is 0 Å². The lowest BCUT2D eigenvalue weighted by molar-refractivity contribution is 0.185. The average molecular weight is 207 g/mol. The summed E-state index contributed by atoms with van der Waals surface area (Å²) in [7, 11) is 0. The number of ether oxygens (including phenoxy) is 1. The van der Waals surface area contributed by atoms with Gasteiger partial charge in [0.2, 0.25) is 0 Å². The van der Waals surface area contributed by atoms with Crippen LogP contribution < -0.4 is 5.32 Å². The van der Waals surface area contributed by atoms with Gasteiger partial charge in [0.25, 0.3) is 0 Å². The Balaban J connectivity index is 1.75. The Morgan fingerprint density at radius 2 is 2.33 bits per heavy atom. The summed E-state index contributed by atoms with van der Waals surface area (Å²) in [5, 5.41) is 3.31. The lowest BCUT2D eigenvalue weighted by Crippen LogP contribution is -2.11. The van der Waals surface area contributed by atoms with Crippen molar-refractivity contribution in [1.82, 2.24) is 9.97 Å². The van der Waals surface area contributed by atoms with Crippen LogP contribution in [0.25, 0.3) is 0 Å². The predicted octanol–water partition coefficient (Wildman–Crippen LogP) is 1.62. The highest BCUT2D eigenvalue weighted by molar-refractivity contribution is 5.37. The molecule has 15 heavy (non-hydrogen) atoms. The zero-order valence-electron chi connectivity index (χ0n) is 9.07. The van der Waals surface area contributed by atoms with E-state index in [1.165, 1.54) is 6.42 Å². The second-order valence-corrected chi connectivity index (χ2v) is 3.94. The van der Waals surface area contributed by atoms with E-state index in [-0.39, 0.29) is 0 Å². The van der Waals surface area contributed by atoms with Crippen molar-refractivity contribution in [3.8, 4) is 0 Å². The van der Waals surface area contributed by atoms with Crippen LogP contribution in [-0.4, -0.2) is 29.7 Å². The molecule has 1 saturated heterocycles. The van der Waals surface area contributed by atoms with Gasteiger partial charge in [-0.1, -0.05) is 0 Å². The zero-order chi connectivity index (χ0) is 10.5. The minimum Gasteiger partial charge on any atom is -0.381 e. The maximum Gasteiger partial charge on any atom is 0.147 e. The van der Waals surface area contributed by atoms with E-state index < -0.39 is 0 Å². The van der Waals surface area contributed by atoms with E-state index in [1.807, 2.05) is 6.92 Å². The van der Waals surface area contributed by atoms with Crippen molar-refractivity contribution in [3.05, 3.63) is 18.1 Å². The van der Waals surface area contributed by atoms with Crippen molar-refractivity contribution in [2.75, 3.05) is 25.1 Å². The van der Waals surface area contributed by atoms with Crippen LogP contribution in [0.4, 0.5) is 5.82 Å². The third-order valence-electron chi connectivity index (χ3n) is 2.75. The van der Waals surface area contributed by atoms with Crippen molar-refractivity contribution in [1.29, 1.82) is 0 Å². The topological polar surface area (TPSA) is 47.0 Å². The molecule has 1 aliphatic heterocycles. The van der Waals surface area contributed by atoms with Crippen LogP contribution in [0.15, 0.2) is 12.4 Å². The van der Waals surface area contributed by atoms with E-state index in [9.17, 15) is 0 Å². The minimum absolute atomic E-state index is 0.717. The summed E-state index contributed by atoms with van der Waals surface area (Å²) in [5.74, 6) is 1.62. The first kappa shape index (κ1) is 10.4. The largest absolute Gasteiger partial charge is 0.381 e. The normalized spacial score (nSPS) is 20.5. The van der Waals surface area contributed by atoms with E-state index in [2.05, 4.69) is 15.3 Å². The van der Waals surface area contributed by atoms with Gasteiger partial charge in [-0.05, 0) is 25.7 Å². The van der Waals surface area contributed by atoms with Crippen molar-refractivity contribution < 1.29 is 4.74 Å². The van der Waals surface area contributed by atoms with Gasteiger partial charge in [0.15, 0.2) is 0 Å². The molecule has 1 aromatic rings. The number of nitrogens with zero attached hydrogens (tertiary/aromatic N) is 2. The Morgan fingerprint density at radius 3 is 3.07 bits per heavy atom. The second kappa shape index (κ2) is 5.07. The number of aromatic nitrogens is 2. The van der Waals surface area contributed by atoms with Gasteiger partial charge in [0.1, 0.15) is 5.82 Å². The molecular weight excluding hydrogens is 190 g/mol. The summed E-state index contributed by atoms with van der Waals surface area (Å²) < 4.78 is 5.33. The summed E-state index contributed by atoms with van der Waals surface area (Å²) >= 11 is 0. The Morgan fingerprint density at radius 1 is 1.47 bits per heavy atom. The minimum atomic E-state index is 0.717. The number of aryl methyl sites for hydroxylation is 1. The molecule has 1 aromatic heterocycles. The van der Waals surface area contributed by atoms with Crippen LogP contribution in [0.1, 0.15) is 18.5 Å². The number of nitrogens with one attached hydrogen (secondary N) is 1. The quantitative estimate of drug-likeness (QED) is 0.815. The monoisotopic (exact) mass is 207 g/mol. The van der Waals surface area contributed by atoms with E-state index in [0.717, 1.165) is 43.6 Å². The number of hydrogen-bond donors (Lipinski definition) is 1. The van der Waals surface area contributed by atoms with Crippen LogP contribution in [0, 0.1) is 12.8 Å². The fraction of sp³-hybridized carbons (Fsp3) is 0.636. The SMILES string of the molecule is Cc1nccnc1NCCC1CCOC1. The molecular formula is C11H17N3O. The average Bonchev–Trinajstić information content (AvgIpc) is 2.74. The zero-order valence-corrected chi connectivity index (χ0v) is 9.07. The molecule has 1 N–H and O–H groups in total. The van der Waals surface area contributed by atoms with E-state index in [1.54, 1.807) is 12.4 Å². The number of hydrogen-bond acceptors (Lipinski definition) is 4. The van der Waals surface area contributed by atoms with Gasteiger partial charge in [-0.15, -0.1) is 0 Å². The first-order valence-electron chi connectivity index (χ1n) is 5.45. The third kappa shape index (κ3) is 2.89. The fourth-order valence-corrected chi connectivity index (χ4v) is 1.79. The highest BCUT2D eigenvalue weighted by Crippen LogP contribution is 2.16. The van der Waals surface area contributed by atoms with Crippen LogP contribution >= 0.6 is 0 Å². The molecule has 2 rings (SSSR count). The lowest BCUT2D eigenvalue weighted by Gasteiger charge is -2.09. The molecule has 82 valence electrons. The molecule has 0 spiro atoms. The molecule has 0 aromatic carbocycles. The van der Waals surface area contributed by atoms with E-state index >= 15 is 0 Å². The number of anilines is 1. The summed E-state index contributed by atoms with van der Waals surface area (Å²) in [5.41, 5.74) is 0.958. The van der Waals surface area contributed by atoms with Crippen molar-refractivity contribution in [3.63, 3.8) is 0 Å². The van der Waals surface area contributed by atoms with Gasteiger partial charge < -0.3 is 10.1 Å². The molecule has 1 atom stereocenters. The third-order valence-corrected chi connectivity index (χ3v) is 2.75. The van der Waals surface area contributed by atoms with E-state index in [4.69, 9.17) is 4.74 Å². The first-order valence-corrected chi connectivity index (χ1v) is 5.45. The first-order chi connectivity index (χ1) is 7.36. The Labute approximate surface area is 90.1 Å². The molecule has 0 aliphatic carbocycles. The van der Waals surface area contributed by atoms with Crippen LogP contribution in [-0.2, 0) is 4.74 Å². The van der Waals surface area contributed by atoms with Gasteiger partial charge >= 0.3 is 0 Å². The maximum absolute atomic E-state index is 5.33. The van der Waals surface area contributed by atoms with Gasteiger partial charge in [-0.25, -0.2) is 4.98 Å². The van der Waals surface area contributed by atoms with Crippen molar-refractivity contribution >= 4 is 5.82 Å². The summed E-state index contributed by atoms with van der Waals surface area (Å²) in [6.45, 7) is 4.76. The van der Waals surface area contributed by atoms with Gasteiger partial charge in [0, 0.05) is 32.2 Å². The highest BCUT2D eigenvalue weighted by atomic mass is 16.5. The molecule has 0 radical (unpaired) electrons. The van der Waals surface area contributed by atoms with Crippen LogP contribution in [0.2, 0.25) is 0 Å². The smallest absolute Gasteiger partial charge is 0.147 e. The molecule has 2 heterocycles. The molecule has 1 aliphatic rings.